The smallest absolute Gasteiger partial charge is 0.490 e. The van der Waals surface area contributed by atoms with Gasteiger partial charge >= 0.3 is 12.1 Å². The molecule has 0 saturated carbocycles. The molecule has 1 aliphatic carbocycles. The highest BCUT2D eigenvalue weighted by molar-refractivity contribution is 6.26. The number of Topliss-reactive ketones (excluding diaryl/α,β-unsaturated/α-hetero) is 1. The van der Waals surface area contributed by atoms with E-state index >= 15 is 0 Å². The average molecular weight is 435 g/mol. The van der Waals surface area contributed by atoms with Gasteiger partial charge in [-0.25, -0.2) is 4.79 Å². The van der Waals surface area contributed by atoms with Crippen LogP contribution in [-0.4, -0.2) is 51.5 Å². The van der Waals surface area contributed by atoms with Crippen LogP contribution in [0.4, 0.5) is 13.2 Å². The van der Waals surface area contributed by atoms with Crippen molar-refractivity contribution in [2.75, 3.05) is 13.1 Å². The lowest BCUT2D eigenvalue weighted by Crippen LogP contribution is -2.30. The van der Waals surface area contributed by atoms with Crippen molar-refractivity contribution in [3.8, 4) is 5.75 Å². The van der Waals surface area contributed by atoms with Crippen molar-refractivity contribution < 1.29 is 33.0 Å². The molecule has 2 heterocycles. The second kappa shape index (κ2) is 8.66. The van der Waals surface area contributed by atoms with Gasteiger partial charge in [-0.05, 0) is 42.2 Å². The molecule has 0 saturated heterocycles. The molecular weight excluding hydrogens is 415 g/mol. The van der Waals surface area contributed by atoms with Crippen molar-refractivity contribution in [3.63, 3.8) is 0 Å². The van der Waals surface area contributed by atoms with Crippen molar-refractivity contribution in [2.45, 2.75) is 19.0 Å². The Balaban J connectivity index is 0.000000339. The molecular formula is C21H20F3N3O4. The predicted molar refractivity (Wildman–Crippen MR) is 106 cm³/mol. The number of allylic oxidation sites excluding steroid dienone is 2. The minimum atomic E-state index is -5.08. The molecule has 0 amide bonds. The Labute approximate surface area is 175 Å². The van der Waals surface area contributed by atoms with E-state index in [0.717, 1.165) is 41.9 Å². The number of benzene rings is 1. The molecule has 1 aliphatic heterocycles. The highest BCUT2D eigenvalue weighted by atomic mass is 19.4. The first-order valence-electron chi connectivity index (χ1n) is 9.39. The number of nitrogens with one attached hydrogen (secondary N) is 1. The van der Waals surface area contributed by atoms with E-state index < -0.39 is 12.1 Å². The minimum Gasteiger partial charge on any atom is -0.508 e. The lowest BCUT2D eigenvalue weighted by atomic mass is 9.92. The SMILES string of the molecule is Cn1cc2c3c1C(=O)C(NCCc1ccc(O)cc1)=CC3=NCC2.O=C(O)C(F)(F)F. The van der Waals surface area contributed by atoms with Crippen molar-refractivity contribution in [1.82, 2.24) is 9.88 Å². The number of phenolic OH excluding ortho intramolecular Hbond substituents is 1. The third-order valence-corrected chi connectivity index (χ3v) is 4.83. The fourth-order valence-electron chi connectivity index (χ4n) is 3.40. The number of hydrogen-bond acceptors (Lipinski definition) is 5. The number of alkyl halides is 3. The number of aliphatic carboxylic acids is 1. The van der Waals surface area contributed by atoms with E-state index in [1.807, 2.05) is 36.0 Å². The first kappa shape index (κ1) is 22.1. The Morgan fingerprint density at radius 2 is 1.90 bits per heavy atom. The summed E-state index contributed by atoms with van der Waals surface area (Å²) in [4.78, 5) is 26.3. The molecule has 1 aromatic heterocycles. The second-order valence-electron chi connectivity index (χ2n) is 7.04. The Bertz CT molecular complexity index is 1070. The number of hydrogen-bond donors (Lipinski definition) is 3. The molecule has 0 unspecified atom stereocenters. The highest BCUT2D eigenvalue weighted by Gasteiger charge is 2.38. The summed E-state index contributed by atoms with van der Waals surface area (Å²) in [5.41, 5.74) is 5.59. The van der Waals surface area contributed by atoms with Crippen LogP contribution in [0.1, 0.15) is 27.2 Å². The number of carboxylic acid groups (broad SMARTS) is 1. The van der Waals surface area contributed by atoms with Crippen molar-refractivity contribution in [2.24, 2.45) is 12.0 Å². The average Bonchev–Trinajstić information content (AvgIpc) is 3.04. The molecule has 10 heteroatoms. The number of halogens is 3. The van der Waals surface area contributed by atoms with Gasteiger partial charge in [0.25, 0.3) is 0 Å². The van der Waals surface area contributed by atoms with Gasteiger partial charge in [0.1, 0.15) is 11.4 Å². The highest BCUT2D eigenvalue weighted by Crippen LogP contribution is 2.28. The van der Waals surface area contributed by atoms with E-state index in [1.165, 1.54) is 5.56 Å². The number of aromatic hydroxyl groups is 1. The number of aryl methyl sites for hydroxylation is 1. The Hall–Kier alpha value is -3.56. The number of carbonyl (C=O) groups excluding carboxylic acids is 1. The number of carboxylic acids is 1. The fourth-order valence-corrected chi connectivity index (χ4v) is 3.40. The van der Waals surface area contributed by atoms with Gasteiger partial charge < -0.3 is 20.1 Å². The van der Waals surface area contributed by atoms with Gasteiger partial charge in [0.05, 0.1) is 11.4 Å². The Morgan fingerprint density at radius 1 is 1.26 bits per heavy atom. The number of aliphatic imine (C=N–C) groups is 1. The predicted octanol–water partition coefficient (Wildman–Crippen LogP) is 2.62. The van der Waals surface area contributed by atoms with Crippen LogP contribution in [0.5, 0.6) is 5.75 Å². The molecule has 2 aliphatic rings. The number of carbonyl (C=O) groups is 2. The van der Waals surface area contributed by atoms with Gasteiger partial charge in [0.2, 0.25) is 5.78 Å². The standard InChI is InChI=1S/C19H19N3O2.C2HF3O2/c1-22-11-13-7-9-20-15-10-16(19(24)18(22)17(13)15)21-8-6-12-2-4-14(23)5-3-12;3-2(4,5)1(6)7/h2-5,10-11,21,23H,6-9H2,1H3;(H,6,7). The van der Waals surface area contributed by atoms with Crippen LogP contribution in [0.3, 0.4) is 0 Å². The van der Waals surface area contributed by atoms with E-state index in [-0.39, 0.29) is 11.5 Å². The number of phenols is 1. The molecule has 31 heavy (non-hydrogen) atoms. The molecule has 0 spiro atoms. The summed E-state index contributed by atoms with van der Waals surface area (Å²) in [5, 5.41) is 19.7. The first-order chi connectivity index (χ1) is 14.6. The van der Waals surface area contributed by atoms with Crippen LogP contribution in [0.15, 0.2) is 47.2 Å². The molecule has 7 nitrogen and oxygen atoms in total. The molecule has 0 bridgehead atoms. The second-order valence-corrected chi connectivity index (χ2v) is 7.04. The maximum atomic E-state index is 12.8. The maximum absolute atomic E-state index is 12.8. The lowest BCUT2D eigenvalue weighted by Gasteiger charge is -2.20. The Morgan fingerprint density at radius 3 is 2.52 bits per heavy atom. The third-order valence-electron chi connectivity index (χ3n) is 4.83. The third kappa shape index (κ3) is 4.96. The number of ketones is 1. The number of rotatable bonds is 4. The monoisotopic (exact) mass is 435 g/mol. The molecule has 4 rings (SSSR count). The van der Waals surface area contributed by atoms with Crippen LogP contribution >= 0.6 is 0 Å². The van der Waals surface area contributed by atoms with Crippen LogP contribution in [0, 0.1) is 0 Å². The topological polar surface area (TPSA) is 104 Å². The minimum absolute atomic E-state index is 0.0327. The summed E-state index contributed by atoms with van der Waals surface area (Å²) in [6.07, 6.45) is 0.522. The van der Waals surface area contributed by atoms with Crippen LogP contribution in [-0.2, 0) is 24.7 Å². The Kier molecular flexibility index (Phi) is 6.19. The van der Waals surface area contributed by atoms with Gasteiger partial charge in [0, 0.05) is 31.9 Å². The molecule has 0 radical (unpaired) electrons. The van der Waals surface area contributed by atoms with E-state index in [2.05, 4.69) is 10.3 Å². The molecule has 0 atom stereocenters. The van der Waals surface area contributed by atoms with Gasteiger partial charge in [-0.15, -0.1) is 0 Å². The van der Waals surface area contributed by atoms with Crippen LogP contribution in [0.25, 0.3) is 0 Å². The van der Waals surface area contributed by atoms with Gasteiger partial charge in [-0.2, -0.15) is 13.2 Å². The zero-order valence-electron chi connectivity index (χ0n) is 16.5. The summed E-state index contributed by atoms with van der Waals surface area (Å²) in [6.45, 7) is 1.43. The van der Waals surface area contributed by atoms with Crippen LogP contribution in [0.2, 0.25) is 0 Å². The summed E-state index contributed by atoms with van der Waals surface area (Å²) in [7, 11) is 1.92. The first-order valence-corrected chi connectivity index (χ1v) is 9.39. The fraction of sp³-hybridized carbons (Fsp3) is 0.286. The largest absolute Gasteiger partial charge is 0.508 e. The van der Waals surface area contributed by atoms with Crippen LogP contribution < -0.4 is 5.32 Å². The van der Waals surface area contributed by atoms with Crippen molar-refractivity contribution in [1.29, 1.82) is 0 Å². The van der Waals surface area contributed by atoms with Gasteiger partial charge in [-0.3, -0.25) is 9.79 Å². The summed E-state index contributed by atoms with van der Waals surface area (Å²) in [6, 6.07) is 7.13. The molecule has 164 valence electrons. The zero-order valence-corrected chi connectivity index (χ0v) is 16.5. The van der Waals surface area contributed by atoms with E-state index in [0.29, 0.717) is 12.2 Å². The quantitative estimate of drug-likeness (QED) is 0.685. The number of aromatic nitrogens is 1. The maximum Gasteiger partial charge on any atom is 0.490 e. The lowest BCUT2D eigenvalue weighted by molar-refractivity contribution is -0.192. The van der Waals surface area contributed by atoms with Crippen molar-refractivity contribution >= 4 is 17.5 Å². The summed E-state index contributed by atoms with van der Waals surface area (Å²) < 4.78 is 33.7. The normalized spacial score (nSPS) is 14.6. The molecule has 3 N–H and O–H groups in total. The molecule has 2 aromatic rings. The van der Waals surface area contributed by atoms with E-state index in [4.69, 9.17) is 9.90 Å². The van der Waals surface area contributed by atoms with Gasteiger partial charge in [-0.1, -0.05) is 12.1 Å². The molecule has 0 fully saturated rings. The summed E-state index contributed by atoms with van der Waals surface area (Å²) >= 11 is 0. The molecule has 1 aromatic carbocycles. The van der Waals surface area contributed by atoms with Crippen molar-refractivity contribution in [3.05, 3.63) is 64.6 Å². The number of nitrogens with zero attached hydrogens (tertiary/aromatic N) is 2. The summed E-state index contributed by atoms with van der Waals surface area (Å²) in [5.74, 6) is -2.46. The van der Waals surface area contributed by atoms with E-state index in [9.17, 15) is 23.1 Å². The zero-order chi connectivity index (χ0) is 22.8. The van der Waals surface area contributed by atoms with Gasteiger partial charge in [0.15, 0.2) is 0 Å². The van der Waals surface area contributed by atoms with E-state index in [1.54, 1.807) is 12.1 Å².